The van der Waals surface area contributed by atoms with Gasteiger partial charge in [-0.1, -0.05) is 38.1 Å². The fraction of sp³-hybridized carbons (Fsp3) is 0.476. The number of nitrogens with zero attached hydrogens (tertiary/aromatic N) is 1. The Morgan fingerprint density at radius 2 is 1.96 bits per heavy atom. The van der Waals surface area contributed by atoms with Gasteiger partial charge < -0.3 is 14.6 Å². The number of nitrogens with one attached hydrogen (secondary N) is 1. The Morgan fingerprint density at radius 1 is 1.20 bits per heavy atom. The molecule has 1 aliphatic heterocycles. The summed E-state index contributed by atoms with van der Waals surface area (Å²) in [5.41, 5.74) is 2.68. The topological polar surface area (TPSA) is 45.5 Å². The van der Waals surface area contributed by atoms with E-state index in [1.165, 1.54) is 11.1 Å². The van der Waals surface area contributed by atoms with Gasteiger partial charge in [-0.3, -0.25) is 4.79 Å². The normalized spacial score (nSPS) is 25.2. The van der Waals surface area contributed by atoms with Crippen LogP contribution in [0, 0.1) is 18.8 Å². The molecule has 1 aromatic heterocycles. The number of fused-ring (bicyclic) bond motifs is 3. The Bertz CT molecular complexity index is 780. The van der Waals surface area contributed by atoms with Gasteiger partial charge in [0.05, 0.1) is 6.04 Å². The van der Waals surface area contributed by atoms with Gasteiger partial charge in [0.25, 0.3) is 5.91 Å². The first kappa shape index (κ1) is 16.4. The number of hydrogen-bond donors (Lipinski definition) is 1. The van der Waals surface area contributed by atoms with Gasteiger partial charge in [0, 0.05) is 31.5 Å². The summed E-state index contributed by atoms with van der Waals surface area (Å²) in [5, 5.41) is 3.25. The summed E-state index contributed by atoms with van der Waals surface area (Å²) in [4.78, 5) is 15.2. The lowest BCUT2D eigenvalue weighted by Gasteiger charge is -2.23. The Kier molecular flexibility index (Phi) is 4.16. The van der Waals surface area contributed by atoms with Gasteiger partial charge >= 0.3 is 0 Å². The predicted molar refractivity (Wildman–Crippen MR) is 97.6 cm³/mol. The molecule has 0 spiro atoms. The van der Waals surface area contributed by atoms with Gasteiger partial charge in [0.15, 0.2) is 5.76 Å². The monoisotopic (exact) mass is 338 g/mol. The average Bonchev–Trinajstić information content (AvgIpc) is 3.24. The third kappa shape index (κ3) is 2.99. The summed E-state index contributed by atoms with van der Waals surface area (Å²) in [7, 11) is 0. The van der Waals surface area contributed by atoms with E-state index in [2.05, 4.69) is 48.3 Å². The lowest BCUT2D eigenvalue weighted by Crippen LogP contribution is -2.34. The zero-order chi connectivity index (χ0) is 17.6. The third-order valence-corrected chi connectivity index (χ3v) is 5.47. The summed E-state index contributed by atoms with van der Waals surface area (Å²) in [5.74, 6) is 2.66. The zero-order valence-corrected chi connectivity index (χ0v) is 15.2. The molecule has 0 radical (unpaired) electrons. The number of carbonyl (C=O) groups is 1. The predicted octanol–water partition coefficient (Wildman–Crippen LogP) is 3.74. The number of carbonyl (C=O) groups excluding carboxylic acids is 1. The molecule has 1 amide bonds. The van der Waals surface area contributed by atoms with Crippen LogP contribution in [0.25, 0.3) is 0 Å². The zero-order valence-electron chi connectivity index (χ0n) is 15.2. The maximum absolute atomic E-state index is 12.7. The Morgan fingerprint density at radius 3 is 2.64 bits per heavy atom. The number of hydrogen-bond acceptors (Lipinski definition) is 3. The lowest BCUT2D eigenvalue weighted by molar-refractivity contribution is 0.0894. The molecular formula is C21H26N2O2. The number of rotatable bonds is 4. The summed E-state index contributed by atoms with van der Waals surface area (Å²) in [6.07, 6.45) is 0. The van der Waals surface area contributed by atoms with E-state index in [9.17, 15) is 4.79 Å². The molecule has 2 aliphatic rings. The summed E-state index contributed by atoms with van der Waals surface area (Å²) in [6, 6.07) is 12.2. The molecule has 2 aromatic rings. The van der Waals surface area contributed by atoms with E-state index in [1.807, 2.05) is 13.0 Å². The van der Waals surface area contributed by atoms with Crippen LogP contribution in [0.2, 0.25) is 0 Å². The Labute approximate surface area is 149 Å². The van der Waals surface area contributed by atoms with Crippen molar-refractivity contribution in [1.29, 1.82) is 0 Å². The maximum Gasteiger partial charge on any atom is 0.287 e. The van der Waals surface area contributed by atoms with Gasteiger partial charge in [-0.2, -0.15) is 0 Å². The highest BCUT2D eigenvalue weighted by Gasteiger charge is 2.46. The number of furan rings is 1. The van der Waals surface area contributed by atoms with Crippen molar-refractivity contribution in [2.45, 2.75) is 32.7 Å². The van der Waals surface area contributed by atoms with Crippen LogP contribution in [0.4, 0.5) is 0 Å². The van der Waals surface area contributed by atoms with Gasteiger partial charge in [-0.15, -0.1) is 0 Å². The standard InChI is InChI=1S/C21H26N2O2/c1-13(2)10-23-11-17-15-6-4-5-7-16(15)20(18(17)12-23)22-21(24)19-9-8-14(3)25-19/h4-9,13,17-18,20H,10-12H2,1-3H3,(H,22,24)/t17-,18-,20+/m0/s1. The summed E-state index contributed by atoms with van der Waals surface area (Å²) in [6.45, 7) is 9.64. The fourth-order valence-electron chi connectivity index (χ4n) is 4.56. The van der Waals surface area contributed by atoms with Gasteiger partial charge in [0.2, 0.25) is 0 Å². The van der Waals surface area contributed by atoms with E-state index in [-0.39, 0.29) is 11.9 Å². The van der Waals surface area contributed by atoms with Crippen molar-refractivity contribution in [3.8, 4) is 0 Å². The molecule has 1 aromatic carbocycles. The van der Waals surface area contributed by atoms with Crippen molar-refractivity contribution >= 4 is 5.91 Å². The van der Waals surface area contributed by atoms with Crippen molar-refractivity contribution in [2.75, 3.05) is 19.6 Å². The first-order chi connectivity index (χ1) is 12.0. The first-order valence-electron chi connectivity index (χ1n) is 9.21. The molecule has 132 valence electrons. The lowest BCUT2D eigenvalue weighted by atomic mass is 9.94. The third-order valence-electron chi connectivity index (χ3n) is 5.47. The minimum absolute atomic E-state index is 0.0660. The molecule has 4 rings (SSSR count). The van der Waals surface area contributed by atoms with E-state index in [4.69, 9.17) is 4.42 Å². The number of likely N-dealkylation sites (tertiary alicyclic amines) is 1. The molecular weight excluding hydrogens is 312 g/mol. The molecule has 1 N–H and O–H groups in total. The Balaban J connectivity index is 1.59. The van der Waals surface area contributed by atoms with Gasteiger partial charge in [-0.25, -0.2) is 0 Å². The molecule has 25 heavy (non-hydrogen) atoms. The van der Waals surface area contributed by atoms with Crippen LogP contribution in [0.5, 0.6) is 0 Å². The van der Waals surface area contributed by atoms with Crippen molar-refractivity contribution in [3.05, 3.63) is 59.0 Å². The van der Waals surface area contributed by atoms with Crippen molar-refractivity contribution in [1.82, 2.24) is 10.2 Å². The van der Waals surface area contributed by atoms with Crippen LogP contribution in [-0.4, -0.2) is 30.4 Å². The van der Waals surface area contributed by atoms with E-state index < -0.39 is 0 Å². The second-order valence-corrected chi connectivity index (χ2v) is 7.87. The summed E-state index contributed by atoms with van der Waals surface area (Å²) < 4.78 is 5.51. The van der Waals surface area contributed by atoms with E-state index in [0.29, 0.717) is 23.5 Å². The van der Waals surface area contributed by atoms with E-state index >= 15 is 0 Å². The molecule has 4 nitrogen and oxygen atoms in total. The highest BCUT2D eigenvalue weighted by atomic mass is 16.3. The second-order valence-electron chi connectivity index (χ2n) is 7.87. The fourth-order valence-corrected chi connectivity index (χ4v) is 4.56. The largest absolute Gasteiger partial charge is 0.456 e. The molecule has 4 heteroatoms. The SMILES string of the molecule is Cc1ccc(C(=O)N[C@@H]2c3ccccc3[C@@H]3CN(CC(C)C)C[C@H]23)o1. The van der Waals surface area contributed by atoms with Crippen LogP contribution < -0.4 is 5.32 Å². The minimum Gasteiger partial charge on any atom is -0.456 e. The highest BCUT2D eigenvalue weighted by molar-refractivity contribution is 5.92. The van der Waals surface area contributed by atoms with Crippen LogP contribution >= 0.6 is 0 Å². The number of amides is 1. The van der Waals surface area contributed by atoms with Crippen LogP contribution in [0.1, 0.15) is 53.2 Å². The molecule has 3 atom stereocenters. The smallest absolute Gasteiger partial charge is 0.287 e. The Hall–Kier alpha value is -2.07. The van der Waals surface area contributed by atoms with Gasteiger partial charge in [0.1, 0.15) is 5.76 Å². The molecule has 1 aliphatic carbocycles. The number of aryl methyl sites for hydroxylation is 1. The van der Waals surface area contributed by atoms with Crippen molar-refractivity contribution in [3.63, 3.8) is 0 Å². The highest BCUT2D eigenvalue weighted by Crippen LogP contribution is 2.49. The van der Waals surface area contributed by atoms with E-state index in [0.717, 1.165) is 25.4 Å². The molecule has 1 saturated heterocycles. The quantitative estimate of drug-likeness (QED) is 0.923. The van der Waals surface area contributed by atoms with Crippen molar-refractivity contribution < 1.29 is 9.21 Å². The van der Waals surface area contributed by atoms with Gasteiger partial charge in [-0.05, 0) is 36.1 Å². The van der Waals surface area contributed by atoms with Crippen LogP contribution in [-0.2, 0) is 0 Å². The molecule has 1 fully saturated rings. The molecule has 0 bridgehead atoms. The maximum atomic E-state index is 12.7. The second kappa shape index (κ2) is 6.34. The summed E-state index contributed by atoms with van der Waals surface area (Å²) >= 11 is 0. The van der Waals surface area contributed by atoms with E-state index in [1.54, 1.807) is 6.07 Å². The molecule has 2 heterocycles. The minimum atomic E-state index is -0.115. The molecule has 0 saturated carbocycles. The number of benzene rings is 1. The molecule has 0 unspecified atom stereocenters. The first-order valence-corrected chi connectivity index (χ1v) is 9.21. The van der Waals surface area contributed by atoms with Crippen LogP contribution in [0.15, 0.2) is 40.8 Å². The van der Waals surface area contributed by atoms with Crippen LogP contribution in [0.3, 0.4) is 0 Å². The van der Waals surface area contributed by atoms with Crippen molar-refractivity contribution in [2.24, 2.45) is 11.8 Å². The average molecular weight is 338 g/mol.